The molecule has 2 aliphatic rings. The maximum Gasteiger partial charge on any atom is 0.122 e. The summed E-state index contributed by atoms with van der Waals surface area (Å²) >= 11 is 0. The van der Waals surface area contributed by atoms with Gasteiger partial charge in [-0.05, 0) is 42.9 Å². The molecule has 1 atom stereocenters. The zero-order chi connectivity index (χ0) is 18.4. The van der Waals surface area contributed by atoms with Crippen molar-refractivity contribution in [2.24, 2.45) is 5.92 Å². The molecule has 1 saturated heterocycles. The van der Waals surface area contributed by atoms with Gasteiger partial charge < -0.3 is 9.84 Å². The van der Waals surface area contributed by atoms with Crippen LogP contribution in [0.4, 0.5) is 0 Å². The number of rotatable bonds is 10. The fraction of sp³-hybridized carbons (Fsp3) is 0.652. The molecule has 1 unspecified atom stereocenters. The summed E-state index contributed by atoms with van der Waals surface area (Å²) in [5, 5.41) is 9.54. The Morgan fingerprint density at radius 2 is 1.96 bits per heavy atom. The minimum absolute atomic E-state index is 0.274. The van der Waals surface area contributed by atoms with Crippen LogP contribution in [-0.4, -0.2) is 35.7 Å². The van der Waals surface area contributed by atoms with Crippen molar-refractivity contribution in [3.8, 4) is 5.75 Å². The van der Waals surface area contributed by atoms with Gasteiger partial charge in [0.2, 0.25) is 0 Å². The lowest BCUT2D eigenvalue weighted by molar-refractivity contribution is 0.0435. The van der Waals surface area contributed by atoms with Gasteiger partial charge in [-0.2, -0.15) is 0 Å². The maximum absolute atomic E-state index is 9.54. The third-order valence-electron chi connectivity index (χ3n) is 6.07. The van der Waals surface area contributed by atoms with Gasteiger partial charge in [-0.3, -0.25) is 4.90 Å². The Kier molecular flexibility index (Phi) is 7.01. The summed E-state index contributed by atoms with van der Waals surface area (Å²) in [5.74, 6) is 1.72. The summed E-state index contributed by atoms with van der Waals surface area (Å²) in [6, 6.07) is 7.13. The number of benzene rings is 1. The average molecular weight is 358 g/mol. The molecule has 1 heterocycles. The van der Waals surface area contributed by atoms with Gasteiger partial charge in [0.1, 0.15) is 5.75 Å². The molecule has 3 rings (SSSR count). The SMILES string of the molecule is C=C(O)C1CN(C2CCc3cccc(OCCCCCCCC)c3C2)C1. The summed E-state index contributed by atoms with van der Waals surface area (Å²) in [4.78, 5) is 2.50. The van der Waals surface area contributed by atoms with E-state index >= 15 is 0 Å². The van der Waals surface area contributed by atoms with Crippen LogP contribution in [0.25, 0.3) is 0 Å². The van der Waals surface area contributed by atoms with E-state index in [2.05, 4.69) is 36.6 Å². The van der Waals surface area contributed by atoms with Gasteiger partial charge in [0.15, 0.2) is 0 Å². The molecule has 0 radical (unpaired) electrons. The number of hydrogen-bond donors (Lipinski definition) is 1. The highest BCUT2D eigenvalue weighted by Gasteiger charge is 2.36. The lowest BCUT2D eigenvalue weighted by Gasteiger charge is -2.45. The largest absolute Gasteiger partial charge is 0.513 e. The van der Waals surface area contributed by atoms with E-state index in [1.807, 2.05) is 0 Å². The second-order valence-electron chi connectivity index (χ2n) is 8.05. The van der Waals surface area contributed by atoms with Crippen LogP contribution in [0.2, 0.25) is 0 Å². The summed E-state index contributed by atoms with van der Waals surface area (Å²) in [6.07, 6.45) is 11.2. The molecule has 0 aromatic heterocycles. The lowest BCUT2D eigenvalue weighted by Crippen LogP contribution is -2.54. The molecule has 0 amide bonds. The fourth-order valence-electron chi connectivity index (χ4n) is 4.27. The Balaban J connectivity index is 1.48. The number of likely N-dealkylation sites (tertiary alicyclic amines) is 1. The quantitative estimate of drug-likeness (QED) is 0.456. The molecular weight excluding hydrogens is 322 g/mol. The number of aryl methyl sites for hydroxylation is 1. The lowest BCUT2D eigenvalue weighted by atomic mass is 9.84. The monoisotopic (exact) mass is 357 g/mol. The second kappa shape index (κ2) is 9.45. The van der Waals surface area contributed by atoms with Gasteiger partial charge in [0.25, 0.3) is 0 Å². The van der Waals surface area contributed by atoms with Gasteiger partial charge in [-0.25, -0.2) is 0 Å². The van der Waals surface area contributed by atoms with Gasteiger partial charge in [0, 0.05) is 25.0 Å². The molecule has 0 spiro atoms. The van der Waals surface area contributed by atoms with Gasteiger partial charge in [0.05, 0.1) is 12.4 Å². The number of unbranched alkanes of at least 4 members (excludes halogenated alkanes) is 5. The number of nitrogens with zero attached hydrogens (tertiary/aromatic N) is 1. The Bertz CT molecular complexity index is 592. The van der Waals surface area contributed by atoms with E-state index in [1.165, 1.54) is 49.7 Å². The summed E-state index contributed by atoms with van der Waals surface area (Å²) in [5.41, 5.74) is 2.88. The molecule has 1 aliphatic carbocycles. The molecule has 1 aromatic carbocycles. The van der Waals surface area contributed by atoms with Crippen LogP contribution in [0.15, 0.2) is 30.5 Å². The molecule has 144 valence electrons. The highest BCUT2D eigenvalue weighted by Crippen LogP contribution is 2.34. The number of fused-ring (bicyclic) bond motifs is 1. The van der Waals surface area contributed by atoms with Crippen molar-refractivity contribution in [1.82, 2.24) is 4.90 Å². The van der Waals surface area contributed by atoms with Crippen molar-refractivity contribution in [3.05, 3.63) is 41.7 Å². The highest BCUT2D eigenvalue weighted by atomic mass is 16.5. The Hall–Kier alpha value is -1.48. The number of aliphatic hydroxyl groups is 1. The van der Waals surface area contributed by atoms with E-state index < -0.39 is 0 Å². The molecule has 1 N–H and O–H groups in total. The maximum atomic E-state index is 9.54. The molecule has 1 aliphatic heterocycles. The van der Waals surface area contributed by atoms with E-state index in [0.29, 0.717) is 11.8 Å². The van der Waals surface area contributed by atoms with Crippen LogP contribution in [-0.2, 0) is 12.8 Å². The van der Waals surface area contributed by atoms with Crippen LogP contribution >= 0.6 is 0 Å². The first-order valence-corrected chi connectivity index (χ1v) is 10.5. The van der Waals surface area contributed by atoms with Crippen LogP contribution in [0.1, 0.15) is 63.0 Å². The smallest absolute Gasteiger partial charge is 0.122 e. The van der Waals surface area contributed by atoms with Crippen LogP contribution in [0, 0.1) is 5.92 Å². The standard InChI is InChI=1S/C23H35NO2/c1-3-4-5-6-7-8-14-26-23-11-9-10-19-12-13-21(15-22(19)23)24-16-20(17-24)18(2)25/h9-11,20-21,25H,2-8,12-17H2,1H3. The summed E-state index contributed by atoms with van der Waals surface area (Å²) in [6.45, 7) is 8.69. The van der Waals surface area contributed by atoms with E-state index in [1.54, 1.807) is 0 Å². The van der Waals surface area contributed by atoms with Crippen molar-refractivity contribution in [2.75, 3.05) is 19.7 Å². The number of aliphatic hydroxyl groups excluding tert-OH is 1. The zero-order valence-electron chi connectivity index (χ0n) is 16.4. The van der Waals surface area contributed by atoms with E-state index in [-0.39, 0.29) is 5.92 Å². The molecule has 0 bridgehead atoms. The summed E-state index contributed by atoms with van der Waals surface area (Å²) in [7, 11) is 0. The van der Waals surface area contributed by atoms with Gasteiger partial charge in [-0.1, -0.05) is 57.7 Å². The third kappa shape index (κ3) is 4.82. The minimum atomic E-state index is 0.274. The first-order chi connectivity index (χ1) is 12.7. The molecule has 0 saturated carbocycles. The number of ether oxygens (including phenoxy) is 1. The van der Waals surface area contributed by atoms with Crippen LogP contribution < -0.4 is 4.74 Å². The second-order valence-corrected chi connectivity index (χ2v) is 8.05. The molecule has 26 heavy (non-hydrogen) atoms. The van der Waals surface area contributed by atoms with Crippen molar-refractivity contribution in [2.45, 2.75) is 70.8 Å². The average Bonchev–Trinajstić information content (AvgIpc) is 2.59. The Morgan fingerprint density at radius 1 is 1.19 bits per heavy atom. The van der Waals surface area contributed by atoms with Crippen molar-refractivity contribution in [1.29, 1.82) is 0 Å². The minimum Gasteiger partial charge on any atom is -0.513 e. The normalized spacial score (nSPS) is 20.4. The van der Waals surface area contributed by atoms with Crippen molar-refractivity contribution < 1.29 is 9.84 Å². The van der Waals surface area contributed by atoms with E-state index in [9.17, 15) is 5.11 Å². The van der Waals surface area contributed by atoms with Crippen LogP contribution in [0.5, 0.6) is 5.75 Å². The summed E-state index contributed by atoms with van der Waals surface area (Å²) < 4.78 is 6.18. The first-order valence-electron chi connectivity index (χ1n) is 10.5. The van der Waals surface area contributed by atoms with Gasteiger partial charge >= 0.3 is 0 Å². The zero-order valence-corrected chi connectivity index (χ0v) is 16.4. The highest BCUT2D eigenvalue weighted by molar-refractivity contribution is 5.42. The third-order valence-corrected chi connectivity index (χ3v) is 6.07. The van der Waals surface area contributed by atoms with Gasteiger partial charge in [-0.15, -0.1) is 0 Å². The number of hydrogen-bond acceptors (Lipinski definition) is 3. The predicted octanol–water partition coefficient (Wildman–Crippen LogP) is 5.29. The first kappa shape index (κ1) is 19.3. The molecule has 3 nitrogen and oxygen atoms in total. The van der Waals surface area contributed by atoms with Crippen molar-refractivity contribution >= 4 is 0 Å². The van der Waals surface area contributed by atoms with Crippen LogP contribution in [0.3, 0.4) is 0 Å². The Morgan fingerprint density at radius 3 is 2.73 bits per heavy atom. The molecule has 1 fully saturated rings. The molecule has 3 heteroatoms. The molecule has 1 aromatic rings. The fourth-order valence-corrected chi connectivity index (χ4v) is 4.27. The molecular formula is C23H35NO2. The van der Waals surface area contributed by atoms with E-state index in [0.717, 1.165) is 44.7 Å². The topological polar surface area (TPSA) is 32.7 Å². The van der Waals surface area contributed by atoms with Crippen molar-refractivity contribution in [3.63, 3.8) is 0 Å². The Labute approximate surface area is 159 Å². The van der Waals surface area contributed by atoms with E-state index in [4.69, 9.17) is 4.74 Å². The predicted molar refractivity (Wildman–Crippen MR) is 108 cm³/mol.